The van der Waals surface area contributed by atoms with Crippen molar-refractivity contribution in [2.24, 2.45) is 5.73 Å². The lowest BCUT2D eigenvalue weighted by Crippen LogP contribution is -2.33. The van der Waals surface area contributed by atoms with Crippen molar-refractivity contribution in [3.8, 4) is 5.75 Å². The van der Waals surface area contributed by atoms with Gasteiger partial charge in [-0.05, 0) is 24.6 Å². The molecule has 4 nitrogen and oxygen atoms in total. The summed E-state index contributed by atoms with van der Waals surface area (Å²) in [5.41, 5.74) is 6.20. The standard InChI is InChI=1S/C13H16FNO3/c1-3-18-13(16)12(15)11(8-14)9-5-4-6-10(7-9)17-2/h4-8,12H,3,15H2,1-2H3/b11-8+. The number of rotatable bonds is 5. The Morgan fingerprint density at radius 3 is 2.83 bits per heavy atom. The number of nitrogens with two attached hydrogens (primary N) is 1. The Bertz CT molecular complexity index is 446. The van der Waals surface area contributed by atoms with Crippen molar-refractivity contribution < 1.29 is 18.7 Å². The molecule has 1 atom stereocenters. The van der Waals surface area contributed by atoms with Crippen LogP contribution in [0.5, 0.6) is 5.75 Å². The summed E-state index contributed by atoms with van der Waals surface area (Å²) in [6.45, 7) is 1.86. The average molecular weight is 253 g/mol. The zero-order valence-electron chi connectivity index (χ0n) is 10.4. The van der Waals surface area contributed by atoms with E-state index in [2.05, 4.69) is 0 Å². The second-order valence-corrected chi connectivity index (χ2v) is 3.53. The molecule has 5 heteroatoms. The monoisotopic (exact) mass is 253 g/mol. The number of halogens is 1. The highest BCUT2D eigenvalue weighted by atomic mass is 19.1. The van der Waals surface area contributed by atoms with Gasteiger partial charge in [0.1, 0.15) is 11.8 Å². The van der Waals surface area contributed by atoms with E-state index in [1.54, 1.807) is 31.2 Å². The van der Waals surface area contributed by atoms with Crippen LogP contribution in [0.4, 0.5) is 4.39 Å². The Balaban J connectivity index is 2.99. The van der Waals surface area contributed by atoms with Crippen LogP contribution in [-0.2, 0) is 9.53 Å². The molecule has 98 valence electrons. The van der Waals surface area contributed by atoms with Crippen molar-refractivity contribution in [2.45, 2.75) is 13.0 Å². The molecule has 0 spiro atoms. The van der Waals surface area contributed by atoms with Gasteiger partial charge in [0.25, 0.3) is 0 Å². The number of hydrogen-bond donors (Lipinski definition) is 1. The Labute approximate surface area is 105 Å². The fourth-order valence-corrected chi connectivity index (χ4v) is 1.47. The van der Waals surface area contributed by atoms with E-state index in [4.69, 9.17) is 15.2 Å². The molecular weight excluding hydrogens is 237 g/mol. The number of benzene rings is 1. The molecule has 1 aromatic rings. The van der Waals surface area contributed by atoms with Crippen LogP contribution in [0.2, 0.25) is 0 Å². The molecule has 0 amide bonds. The first kappa shape index (κ1) is 14.2. The third-order valence-electron chi connectivity index (χ3n) is 2.40. The Kier molecular flexibility index (Phi) is 5.32. The fourth-order valence-electron chi connectivity index (χ4n) is 1.47. The van der Waals surface area contributed by atoms with Gasteiger partial charge in [0.15, 0.2) is 0 Å². The minimum Gasteiger partial charge on any atom is -0.497 e. The number of carbonyl (C=O) groups is 1. The van der Waals surface area contributed by atoms with E-state index in [-0.39, 0.29) is 12.2 Å². The van der Waals surface area contributed by atoms with E-state index in [9.17, 15) is 9.18 Å². The van der Waals surface area contributed by atoms with Crippen LogP contribution >= 0.6 is 0 Å². The van der Waals surface area contributed by atoms with Crippen LogP contribution in [0.3, 0.4) is 0 Å². The fraction of sp³-hybridized carbons (Fsp3) is 0.308. The van der Waals surface area contributed by atoms with Crippen molar-refractivity contribution in [3.05, 3.63) is 36.2 Å². The van der Waals surface area contributed by atoms with Gasteiger partial charge in [-0.25, -0.2) is 9.18 Å². The van der Waals surface area contributed by atoms with Gasteiger partial charge in [-0.1, -0.05) is 12.1 Å². The maximum Gasteiger partial charge on any atom is 0.327 e. The van der Waals surface area contributed by atoms with Crippen LogP contribution in [0, 0.1) is 0 Å². The first-order valence-corrected chi connectivity index (χ1v) is 5.51. The summed E-state index contributed by atoms with van der Waals surface area (Å²) < 4.78 is 22.7. The van der Waals surface area contributed by atoms with Gasteiger partial charge in [0.05, 0.1) is 20.0 Å². The predicted molar refractivity (Wildman–Crippen MR) is 66.7 cm³/mol. The first-order chi connectivity index (χ1) is 8.63. The maximum absolute atomic E-state index is 12.9. The van der Waals surface area contributed by atoms with Gasteiger partial charge in [-0.15, -0.1) is 0 Å². The Morgan fingerprint density at radius 2 is 2.28 bits per heavy atom. The van der Waals surface area contributed by atoms with Crippen molar-refractivity contribution in [2.75, 3.05) is 13.7 Å². The highest BCUT2D eigenvalue weighted by Crippen LogP contribution is 2.22. The molecule has 0 radical (unpaired) electrons. The smallest absolute Gasteiger partial charge is 0.327 e. The van der Waals surface area contributed by atoms with Gasteiger partial charge in [-0.2, -0.15) is 0 Å². The summed E-state index contributed by atoms with van der Waals surface area (Å²) in [6, 6.07) is 5.50. The van der Waals surface area contributed by atoms with Gasteiger partial charge in [0, 0.05) is 5.57 Å². The van der Waals surface area contributed by atoms with Crippen molar-refractivity contribution in [3.63, 3.8) is 0 Å². The molecule has 0 saturated carbocycles. The van der Waals surface area contributed by atoms with Crippen LogP contribution in [-0.4, -0.2) is 25.7 Å². The molecule has 0 fully saturated rings. The zero-order chi connectivity index (χ0) is 13.5. The normalized spacial score (nSPS) is 13.0. The highest BCUT2D eigenvalue weighted by molar-refractivity contribution is 5.92. The van der Waals surface area contributed by atoms with Gasteiger partial charge < -0.3 is 15.2 Å². The molecular formula is C13H16FNO3. The number of ether oxygens (including phenoxy) is 2. The molecule has 2 N–H and O–H groups in total. The molecule has 0 heterocycles. The molecule has 1 rings (SSSR count). The van der Waals surface area contributed by atoms with Crippen LogP contribution in [0.25, 0.3) is 5.57 Å². The molecule has 18 heavy (non-hydrogen) atoms. The summed E-state index contributed by atoms with van der Waals surface area (Å²) in [4.78, 5) is 11.5. The lowest BCUT2D eigenvalue weighted by molar-refractivity contribution is -0.143. The van der Waals surface area contributed by atoms with Crippen LogP contribution in [0.15, 0.2) is 30.6 Å². The third-order valence-corrected chi connectivity index (χ3v) is 2.40. The summed E-state index contributed by atoms with van der Waals surface area (Å²) in [5, 5.41) is 0. The quantitative estimate of drug-likeness (QED) is 0.814. The molecule has 0 aliphatic heterocycles. The summed E-state index contributed by atoms with van der Waals surface area (Å²) >= 11 is 0. The molecule has 1 aromatic carbocycles. The Morgan fingerprint density at radius 1 is 1.56 bits per heavy atom. The SMILES string of the molecule is CCOC(=O)C(N)/C(=C/F)c1cccc(OC)c1. The minimum absolute atomic E-state index is 0.0624. The number of hydrogen-bond acceptors (Lipinski definition) is 4. The summed E-state index contributed by atoms with van der Waals surface area (Å²) in [7, 11) is 1.50. The van der Waals surface area contributed by atoms with E-state index in [1.807, 2.05) is 0 Å². The number of carbonyl (C=O) groups excluding carboxylic acids is 1. The largest absolute Gasteiger partial charge is 0.497 e. The third kappa shape index (κ3) is 3.30. The lowest BCUT2D eigenvalue weighted by atomic mass is 10.0. The maximum atomic E-state index is 12.9. The topological polar surface area (TPSA) is 61.5 Å². The zero-order valence-corrected chi connectivity index (χ0v) is 10.4. The summed E-state index contributed by atoms with van der Waals surface area (Å²) in [6.07, 6.45) is 0.316. The van der Waals surface area contributed by atoms with Crippen molar-refractivity contribution >= 4 is 11.5 Å². The van der Waals surface area contributed by atoms with E-state index in [0.717, 1.165) is 0 Å². The van der Waals surface area contributed by atoms with Crippen molar-refractivity contribution in [1.82, 2.24) is 0 Å². The van der Waals surface area contributed by atoms with E-state index >= 15 is 0 Å². The molecule has 0 saturated heterocycles. The second kappa shape index (κ2) is 6.76. The molecule has 0 aromatic heterocycles. The summed E-state index contributed by atoms with van der Waals surface area (Å²) in [5.74, 6) is -0.105. The average Bonchev–Trinajstić information content (AvgIpc) is 2.40. The molecule has 0 aliphatic carbocycles. The second-order valence-electron chi connectivity index (χ2n) is 3.53. The minimum atomic E-state index is -1.15. The van der Waals surface area contributed by atoms with Crippen LogP contribution < -0.4 is 10.5 Å². The highest BCUT2D eigenvalue weighted by Gasteiger charge is 2.21. The van der Waals surface area contributed by atoms with E-state index < -0.39 is 12.0 Å². The number of esters is 1. The van der Waals surface area contributed by atoms with Gasteiger partial charge in [-0.3, -0.25) is 0 Å². The van der Waals surface area contributed by atoms with E-state index in [0.29, 0.717) is 17.6 Å². The molecule has 0 bridgehead atoms. The van der Waals surface area contributed by atoms with E-state index in [1.165, 1.54) is 7.11 Å². The predicted octanol–water partition coefficient (Wildman–Crippen LogP) is 1.90. The van der Waals surface area contributed by atoms with Crippen molar-refractivity contribution in [1.29, 1.82) is 0 Å². The lowest BCUT2D eigenvalue weighted by Gasteiger charge is -2.14. The van der Waals surface area contributed by atoms with Gasteiger partial charge in [0.2, 0.25) is 0 Å². The van der Waals surface area contributed by atoms with Crippen LogP contribution in [0.1, 0.15) is 12.5 Å². The molecule has 0 aliphatic rings. The number of methoxy groups -OCH3 is 1. The molecule has 1 unspecified atom stereocenters. The Hall–Kier alpha value is -1.88. The van der Waals surface area contributed by atoms with Gasteiger partial charge >= 0.3 is 5.97 Å². The first-order valence-electron chi connectivity index (χ1n) is 5.51.